The first-order chi connectivity index (χ1) is 29.4. The van der Waals surface area contributed by atoms with E-state index < -0.39 is 0 Å². The number of ether oxygens (including phenoxy) is 1. The summed E-state index contributed by atoms with van der Waals surface area (Å²) < 4.78 is 10.6. The number of quaternary nitrogens is 2. The van der Waals surface area contributed by atoms with E-state index in [4.69, 9.17) is 9.72 Å². The Labute approximate surface area is 368 Å². The topological polar surface area (TPSA) is 27.1 Å². The van der Waals surface area contributed by atoms with Crippen molar-refractivity contribution in [1.82, 2.24) is 18.7 Å². The second-order valence-electron chi connectivity index (χ2n) is 21.0. The van der Waals surface area contributed by atoms with Gasteiger partial charge in [-0.05, 0) is 91.9 Å². The Morgan fingerprint density at radius 1 is 0.532 bits per heavy atom. The molecule has 1 fully saturated rings. The lowest BCUT2D eigenvalue weighted by Gasteiger charge is -2.41. The van der Waals surface area contributed by atoms with Gasteiger partial charge in [0.1, 0.15) is 17.3 Å². The summed E-state index contributed by atoms with van der Waals surface area (Å²) in [5.74, 6) is 2.84. The van der Waals surface area contributed by atoms with Crippen LogP contribution in [0.15, 0.2) is 146 Å². The van der Waals surface area contributed by atoms with Crippen molar-refractivity contribution in [3.8, 4) is 28.4 Å². The van der Waals surface area contributed by atoms with Crippen molar-refractivity contribution in [1.29, 1.82) is 0 Å². The number of para-hydroxylation sites is 1. The normalized spacial score (nSPS) is 18.5. The second kappa shape index (κ2) is 13.7. The van der Waals surface area contributed by atoms with Gasteiger partial charge in [0, 0.05) is 59.4 Å². The van der Waals surface area contributed by atoms with Gasteiger partial charge in [0.2, 0.25) is 11.4 Å². The van der Waals surface area contributed by atoms with Gasteiger partial charge in [0.05, 0.1) is 11.0 Å². The van der Waals surface area contributed by atoms with E-state index in [0.717, 1.165) is 33.9 Å². The van der Waals surface area contributed by atoms with Gasteiger partial charge in [0.25, 0.3) is 0 Å². The zero-order chi connectivity index (χ0) is 43.6. The van der Waals surface area contributed by atoms with Crippen LogP contribution in [-0.2, 0) is 16.2 Å². The van der Waals surface area contributed by atoms with Gasteiger partial charge in [0.15, 0.2) is 18.0 Å². The van der Waals surface area contributed by atoms with E-state index >= 15 is 0 Å². The van der Waals surface area contributed by atoms with E-state index in [1.807, 2.05) is 6.20 Å². The fourth-order valence-corrected chi connectivity index (χ4v) is 9.81. The van der Waals surface area contributed by atoms with E-state index in [2.05, 4.69) is 227 Å². The number of pyridine rings is 1. The highest BCUT2D eigenvalue weighted by Gasteiger charge is 2.78. The fraction of sp³-hybridized carbons (Fsp3) is 0.263. The predicted molar refractivity (Wildman–Crippen MR) is 261 cm³/mol. The first-order valence-corrected chi connectivity index (χ1v) is 22.2. The van der Waals surface area contributed by atoms with Crippen molar-refractivity contribution in [2.75, 3.05) is 0 Å². The van der Waals surface area contributed by atoms with Crippen LogP contribution in [0, 0.1) is 6.67 Å². The van der Waals surface area contributed by atoms with Gasteiger partial charge in [-0.15, -0.1) is 0 Å². The lowest BCUT2D eigenvalue weighted by molar-refractivity contribution is 0.421. The molecular formula is C57H59N4O+. The lowest BCUT2D eigenvalue weighted by atomic mass is 9.85. The summed E-state index contributed by atoms with van der Waals surface area (Å²) in [4.78, 5) is 4.94. The van der Waals surface area contributed by atoms with E-state index in [-0.39, 0.29) is 16.2 Å². The SMILES string of the molecule is CC(C)c1ccccc1-c1cc(Oc2ccc3c4ccccc4n(-c4cc(C(C)(C)C)ccn4)c3c2)cc([N+]23[CH-][N@+]2(c2cccc(C(C)(C)C)c2)c2ccc(C(C)(C)C)cc23)c1. The predicted octanol–water partition coefficient (Wildman–Crippen LogP) is 16.0. The summed E-state index contributed by atoms with van der Waals surface area (Å²) >= 11 is 0. The molecule has 0 spiro atoms. The van der Waals surface area contributed by atoms with Crippen LogP contribution in [-0.4, -0.2) is 9.55 Å². The number of hydrogen-bond acceptors (Lipinski definition) is 2. The van der Waals surface area contributed by atoms with Gasteiger partial charge in [-0.1, -0.05) is 137 Å². The summed E-state index contributed by atoms with van der Waals surface area (Å²) in [6.07, 6.45) is 1.94. The lowest BCUT2D eigenvalue weighted by Crippen LogP contribution is -2.46. The molecule has 312 valence electrons. The summed E-state index contributed by atoms with van der Waals surface area (Å²) in [5, 5.41) is 2.36. The number of rotatable bonds is 7. The molecule has 0 saturated carbocycles. The van der Waals surface area contributed by atoms with Gasteiger partial charge >= 0.3 is 0 Å². The zero-order valence-corrected chi connectivity index (χ0v) is 38.2. The Morgan fingerprint density at radius 3 is 1.97 bits per heavy atom. The average Bonchev–Trinajstić information content (AvgIpc) is 3.73. The number of benzene rings is 6. The summed E-state index contributed by atoms with van der Waals surface area (Å²) in [5.41, 5.74) is 14.9. The van der Waals surface area contributed by atoms with Gasteiger partial charge in [-0.25, -0.2) is 4.98 Å². The molecule has 2 aliphatic rings. The van der Waals surface area contributed by atoms with E-state index in [1.165, 1.54) is 61.3 Å². The number of hydrogen-bond donors (Lipinski definition) is 0. The Morgan fingerprint density at radius 2 is 1.21 bits per heavy atom. The molecule has 1 saturated heterocycles. The van der Waals surface area contributed by atoms with Crippen LogP contribution in [0.3, 0.4) is 0 Å². The Kier molecular flexibility index (Phi) is 8.89. The molecule has 10 rings (SSSR count). The van der Waals surface area contributed by atoms with Crippen LogP contribution >= 0.6 is 0 Å². The zero-order valence-electron chi connectivity index (χ0n) is 38.2. The van der Waals surface area contributed by atoms with Crippen LogP contribution < -0.4 is 13.9 Å². The highest BCUT2D eigenvalue weighted by atomic mass is 16.5. The molecule has 0 amide bonds. The molecule has 8 aromatic rings. The minimum Gasteiger partial charge on any atom is -0.457 e. The third-order valence-corrected chi connectivity index (χ3v) is 13.4. The quantitative estimate of drug-likeness (QED) is 0.0910. The minimum atomic E-state index is -0.0143. The molecule has 5 nitrogen and oxygen atoms in total. The molecule has 2 aromatic heterocycles. The summed E-state index contributed by atoms with van der Waals surface area (Å²) in [6, 6.07) is 51.7. The number of aromatic nitrogens is 2. The second-order valence-corrected chi connectivity index (χ2v) is 21.0. The first-order valence-electron chi connectivity index (χ1n) is 22.2. The monoisotopic (exact) mass is 815 g/mol. The van der Waals surface area contributed by atoms with Crippen molar-refractivity contribution >= 4 is 44.6 Å². The summed E-state index contributed by atoms with van der Waals surface area (Å²) in [6.45, 7) is 27.6. The van der Waals surface area contributed by atoms with Crippen LogP contribution in [0.2, 0.25) is 0 Å². The number of fused-ring (bicyclic) bond motifs is 7. The van der Waals surface area contributed by atoms with Crippen LogP contribution in [0.4, 0.5) is 22.7 Å². The average molecular weight is 816 g/mol. The maximum atomic E-state index is 7.14. The number of nitrogens with zero attached hydrogens (tertiary/aromatic N) is 4. The van der Waals surface area contributed by atoms with Crippen LogP contribution in [0.1, 0.15) is 104 Å². The highest BCUT2D eigenvalue weighted by Crippen LogP contribution is 2.76. The molecule has 0 radical (unpaired) electrons. The highest BCUT2D eigenvalue weighted by molar-refractivity contribution is 6.09. The van der Waals surface area contributed by atoms with Gasteiger partial charge < -0.3 is 4.74 Å². The molecule has 0 aliphatic carbocycles. The van der Waals surface area contributed by atoms with Gasteiger partial charge in [-0.2, -0.15) is 9.18 Å². The fourth-order valence-electron chi connectivity index (χ4n) is 9.81. The largest absolute Gasteiger partial charge is 0.457 e. The molecular weight excluding hydrogens is 757 g/mol. The summed E-state index contributed by atoms with van der Waals surface area (Å²) in [7, 11) is 0. The third kappa shape index (κ3) is 6.15. The van der Waals surface area contributed by atoms with E-state index in [0.29, 0.717) is 15.1 Å². The smallest absolute Gasteiger partial charge is 0.225 e. The maximum Gasteiger partial charge on any atom is 0.225 e. The first kappa shape index (κ1) is 40.1. The van der Waals surface area contributed by atoms with Crippen molar-refractivity contribution < 1.29 is 4.74 Å². The van der Waals surface area contributed by atoms with Crippen molar-refractivity contribution in [2.45, 2.75) is 98.3 Å². The molecule has 2 atom stereocenters. The van der Waals surface area contributed by atoms with Crippen molar-refractivity contribution in [3.63, 3.8) is 0 Å². The minimum absolute atomic E-state index is 0.00342. The molecule has 5 heteroatoms. The Hall–Kier alpha value is -6.01. The van der Waals surface area contributed by atoms with Crippen LogP contribution in [0.5, 0.6) is 11.5 Å². The third-order valence-electron chi connectivity index (χ3n) is 13.4. The molecule has 4 heterocycles. The molecule has 0 bridgehead atoms. The Bertz CT molecular complexity index is 3080. The molecule has 1 unspecified atom stereocenters. The van der Waals surface area contributed by atoms with Gasteiger partial charge in [-0.3, -0.25) is 4.57 Å². The standard InChI is InChI=1S/C57H59N4O/c1-37(2)46-19-12-13-20-47(46)38-29-43(61-36-60(61,42-18-16-17-39(31-42)55(3,4)5)52-26-23-40(32-53(52)61)56(6,7)8)34-45(30-38)62-44-24-25-49-48-21-14-15-22-50(48)59(51(49)35-44)54-33-41(27-28-58-54)57(9,10)11/h12-37H,1-11H3/q+1/t60-,61?/m0/s1. The molecule has 2 aliphatic heterocycles. The van der Waals surface area contributed by atoms with E-state index in [9.17, 15) is 0 Å². The molecule has 6 aromatic carbocycles. The van der Waals surface area contributed by atoms with Crippen molar-refractivity contribution in [2.24, 2.45) is 0 Å². The van der Waals surface area contributed by atoms with Crippen LogP contribution in [0.25, 0.3) is 38.8 Å². The molecule has 0 N–H and O–H groups in total. The van der Waals surface area contributed by atoms with Crippen molar-refractivity contribution in [3.05, 3.63) is 175 Å². The Balaban J connectivity index is 1.17. The maximum absolute atomic E-state index is 7.14. The van der Waals surface area contributed by atoms with E-state index in [1.54, 1.807) is 0 Å². The molecule has 62 heavy (non-hydrogen) atoms.